The van der Waals surface area contributed by atoms with Gasteiger partial charge in [-0.2, -0.15) is 0 Å². The molecule has 7 heteroatoms. The van der Waals surface area contributed by atoms with E-state index in [4.69, 9.17) is 21.1 Å². The largest absolute Gasteiger partial charge is 0.379 e. The van der Waals surface area contributed by atoms with Gasteiger partial charge in [0, 0.05) is 0 Å². The van der Waals surface area contributed by atoms with Gasteiger partial charge in [0.15, 0.2) is 0 Å². The third-order valence-corrected chi connectivity index (χ3v) is 1.73. The molecule has 0 aliphatic carbocycles. The molecule has 0 aliphatic heterocycles. The molecule has 0 aromatic heterocycles. The maximum absolute atomic E-state index is 5.29. The average molecular weight is 234 g/mol. The SMILES string of the molecule is NNC(N)=NCCOCCOCCC=P. The van der Waals surface area contributed by atoms with Crippen LogP contribution in [0.1, 0.15) is 6.42 Å². The van der Waals surface area contributed by atoms with Gasteiger partial charge in [0.2, 0.25) is 5.96 Å². The fourth-order valence-corrected chi connectivity index (χ4v) is 0.858. The van der Waals surface area contributed by atoms with E-state index in [1.165, 1.54) is 0 Å². The first-order valence-electron chi connectivity index (χ1n) is 4.72. The summed E-state index contributed by atoms with van der Waals surface area (Å²) >= 11 is 0. The Labute approximate surface area is 92.2 Å². The van der Waals surface area contributed by atoms with E-state index < -0.39 is 0 Å². The minimum absolute atomic E-state index is 0.211. The van der Waals surface area contributed by atoms with Crippen molar-refractivity contribution >= 4 is 20.6 Å². The molecule has 0 heterocycles. The molecular weight excluding hydrogens is 215 g/mol. The molecule has 0 aromatic carbocycles. The number of guanidine groups is 1. The maximum atomic E-state index is 5.29. The Hall–Kier alpha value is -0.680. The van der Waals surface area contributed by atoms with Crippen LogP contribution in [0.3, 0.4) is 0 Å². The van der Waals surface area contributed by atoms with E-state index in [1.54, 1.807) is 0 Å². The van der Waals surface area contributed by atoms with Gasteiger partial charge in [0.25, 0.3) is 0 Å². The Morgan fingerprint density at radius 2 is 1.93 bits per heavy atom. The number of hydrazine groups is 1. The normalized spacial score (nSPS) is 11.4. The van der Waals surface area contributed by atoms with Crippen LogP contribution in [0.4, 0.5) is 0 Å². The summed E-state index contributed by atoms with van der Waals surface area (Å²) in [5, 5.41) is 0. The highest BCUT2D eigenvalue weighted by atomic mass is 31.0. The summed E-state index contributed by atoms with van der Waals surface area (Å²) < 4.78 is 10.5. The van der Waals surface area contributed by atoms with Crippen molar-refractivity contribution in [3.8, 4) is 0 Å². The molecule has 0 rings (SSSR count). The summed E-state index contributed by atoms with van der Waals surface area (Å²) in [4.78, 5) is 3.87. The van der Waals surface area contributed by atoms with Gasteiger partial charge in [-0.05, 0) is 6.42 Å². The quantitative estimate of drug-likeness (QED) is 0.120. The molecule has 0 unspecified atom stereocenters. The second kappa shape index (κ2) is 11.4. The molecule has 0 aliphatic rings. The Morgan fingerprint density at radius 3 is 2.53 bits per heavy atom. The molecule has 0 aromatic rings. The number of nitrogens with one attached hydrogen (secondary N) is 1. The highest BCUT2D eigenvalue weighted by Crippen LogP contribution is 1.82. The number of hydrogen-bond donors (Lipinski definition) is 3. The van der Waals surface area contributed by atoms with Crippen molar-refractivity contribution < 1.29 is 9.47 Å². The van der Waals surface area contributed by atoms with E-state index in [0.29, 0.717) is 33.0 Å². The summed E-state index contributed by atoms with van der Waals surface area (Å²) in [5.41, 5.74) is 7.52. The van der Waals surface area contributed by atoms with Crippen molar-refractivity contribution in [1.82, 2.24) is 5.43 Å². The van der Waals surface area contributed by atoms with Crippen LogP contribution in [0.25, 0.3) is 0 Å². The molecule has 0 fully saturated rings. The molecule has 0 amide bonds. The number of nitrogens with zero attached hydrogens (tertiary/aromatic N) is 1. The van der Waals surface area contributed by atoms with Crippen LogP contribution in [-0.2, 0) is 9.47 Å². The second-order valence-electron chi connectivity index (χ2n) is 2.63. The predicted octanol–water partition coefficient (Wildman–Crippen LogP) is -0.867. The van der Waals surface area contributed by atoms with Crippen LogP contribution >= 0.6 is 8.86 Å². The lowest BCUT2D eigenvalue weighted by molar-refractivity contribution is 0.0539. The van der Waals surface area contributed by atoms with Crippen molar-refractivity contribution in [3.63, 3.8) is 0 Å². The molecule has 0 saturated carbocycles. The third kappa shape index (κ3) is 11.2. The monoisotopic (exact) mass is 234 g/mol. The molecular formula is C8H19N4O2P. The van der Waals surface area contributed by atoms with Gasteiger partial charge in [0.05, 0.1) is 33.0 Å². The van der Waals surface area contributed by atoms with E-state index in [-0.39, 0.29) is 5.96 Å². The van der Waals surface area contributed by atoms with Gasteiger partial charge < -0.3 is 15.2 Å². The number of nitrogens with two attached hydrogens (primary N) is 2. The van der Waals surface area contributed by atoms with Gasteiger partial charge in [0.1, 0.15) is 0 Å². The van der Waals surface area contributed by atoms with Gasteiger partial charge in [-0.15, -0.1) is 8.86 Å². The van der Waals surface area contributed by atoms with Crippen molar-refractivity contribution in [3.05, 3.63) is 0 Å². The van der Waals surface area contributed by atoms with Crippen LogP contribution in [0, 0.1) is 0 Å². The fraction of sp³-hybridized carbons (Fsp3) is 0.750. The first-order valence-corrected chi connectivity index (χ1v) is 5.30. The lowest BCUT2D eigenvalue weighted by Gasteiger charge is -2.03. The summed E-state index contributed by atoms with van der Waals surface area (Å²) in [6.45, 7) is 2.86. The van der Waals surface area contributed by atoms with E-state index in [9.17, 15) is 0 Å². The van der Waals surface area contributed by atoms with Gasteiger partial charge in [-0.1, -0.05) is 5.80 Å². The topological polar surface area (TPSA) is 94.9 Å². The average Bonchev–Trinajstić information content (AvgIpc) is 2.26. The summed E-state index contributed by atoms with van der Waals surface area (Å²) in [7, 11) is 3.24. The number of aliphatic imine (C=N–C) groups is 1. The molecule has 0 atom stereocenters. The molecule has 0 spiro atoms. The Bertz CT molecular complexity index is 189. The van der Waals surface area contributed by atoms with E-state index in [1.807, 2.05) is 5.80 Å². The first kappa shape index (κ1) is 14.3. The summed E-state index contributed by atoms with van der Waals surface area (Å²) in [6, 6.07) is 0. The molecule has 0 radical (unpaired) electrons. The zero-order valence-electron chi connectivity index (χ0n) is 8.74. The van der Waals surface area contributed by atoms with Crippen LogP contribution < -0.4 is 17.0 Å². The molecule has 6 nitrogen and oxygen atoms in total. The number of hydrogen-bond acceptors (Lipinski definition) is 4. The van der Waals surface area contributed by atoms with Crippen molar-refractivity contribution in [1.29, 1.82) is 0 Å². The van der Waals surface area contributed by atoms with Crippen LogP contribution in [0.15, 0.2) is 4.99 Å². The van der Waals surface area contributed by atoms with E-state index in [2.05, 4.69) is 19.3 Å². The third-order valence-electron chi connectivity index (χ3n) is 1.44. The van der Waals surface area contributed by atoms with Crippen molar-refractivity contribution in [2.45, 2.75) is 6.42 Å². The molecule has 0 saturated heterocycles. The summed E-state index contributed by atoms with van der Waals surface area (Å²) in [5.74, 6) is 7.09. The molecule has 5 N–H and O–H groups in total. The summed E-state index contributed by atoms with van der Waals surface area (Å²) in [6.07, 6.45) is 0.889. The van der Waals surface area contributed by atoms with Crippen LogP contribution in [0.5, 0.6) is 0 Å². The highest BCUT2D eigenvalue weighted by Gasteiger charge is 1.89. The fourth-order valence-electron chi connectivity index (χ4n) is 0.741. The molecule has 15 heavy (non-hydrogen) atoms. The van der Waals surface area contributed by atoms with Crippen molar-refractivity contribution in [2.24, 2.45) is 16.6 Å². The minimum Gasteiger partial charge on any atom is -0.379 e. The predicted molar refractivity (Wildman–Crippen MR) is 64.4 cm³/mol. The van der Waals surface area contributed by atoms with Crippen molar-refractivity contribution in [2.75, 3.05) is 33.0 Å². The lowest BCUT2D eigenvalue weighted by atomic mass is 10.5. The molecule has 88 valence electrons. The van der Waals surface area contributed by atoms with E-state index >= 15 is 0 Å². The highest BCUT2D eigenvalue weighted by molar-refractivity contribution is 7.18. The number of rotatable bonds is 9. The Morgan fingerprint density at radius 1 is 1.27 bits per heavy atom. The van der Waals surface area contributed by atoms with Gasteiger partial charge in [-0.3, -0.25) is 5.43 Å². The smallest absolute Gasteiger partial charge is 0.203 e. The van der Waals surface area contributed by atoms with E-state index in [0.717, 1.165) is 6.42 Å². The second-order valence-corrected chi connectivity index (χ2v) is 3.04. The lowest BCUT2D eigenvalue weighted by Crippen LogP contribution is -2.37. The zero-order valence-corrected chi connectivity index (χ0v) is 9.74. The van der Waals surface area contributed by atoms with Gasteiger partial charge in [-0.25, -0.2) is 10.8 Å². The Kier molecular flexibility index (Phi) is 10.9. The van der Waals surface area contributed by atoms with Crippen LogP contribution in [-0.4, -0.2) is 44.7 Å². The number of ether oxygens (including phenoxy) is 2. The molecule has 0 bridgehead atoms. The zero-order chi connectivity index (χ0) is 11.4. The minimum atomic E-state index is 0.211. The van der Waals surface area contributed by atoms with Gasteiger partial charge >= 0.3 is 0 Å². The standard InChI is InChI=1S/C8H19N4O2P/c9-8(12-10)11-2-4-14-6-5-13-3-1-7-15/h7,15H,1-6,10H2,(H3,9,11,12). The Balaban J connectivity index is 3.08. The first-order chi connectivity index (χ1) is 7.31. The van der Waals surface area contributed by atoms with Crippen LogP contribution in [0.2, 0.25) is 0 Å². The maximum Gasteiger partial charge on any atom is 0.203 e.